The first-order chi connectivity index (χ1) is 19.5. The molecule has 3 aliphatic rings. The Bertz CT molecular complexity index is 1720. The molecule has 0 aromatic heterocycles. The lowest BCUT2D eigenvalue weighted by atomic mass is 9.64. The van der Waals surface area contributed by atoms with Gasteiger partial charge in [0.05, 0.1) is 13.2 Å². The highest BCUT2D eigenvalue weighted by Gasteiger charge is 2.71. The maximum Gasteiger partial charge on any atom is 0.186 e. The lowest BCUT2D eigenvalue weighted by molar-refractivity contribution is 0.0666. The Morgan fingerprint density at radius 3 is 2.27 bits per heavy atom. The van der Waals surface area contributed by atoms with Crippen LogP contribution in [0.3, 0.4) is 0 Å². The molecule has 1 unspecified atom stereocenters. The molecule has 2 heterocycles. The maximum absolute atomic E-state index is 14.7. The maximum atomic E-state index is 14.7. The van der Waals surface area contributed by atoms with Crippen molar-refractivity contribution in [3.63, 3.8) is 0 Å². The van der Waals surface area contributed by atoms with Crippen LogP contribution in [-0.2, 0) is 0 Å². The van der Waals surface area contributed by atoms with Gasteiger partial charge in [0.25, 0.3) is 0 Å². The molecule has 1 saturated heterocycles. The molecule has 196 valence electrons. The molecule has 1 fully saturated rings. The Kier molecular flexibility index (Phi) is 5.55. The van der Waals surface area contributed by atoms with Gasteiger partial charge < -0.3 is 9.64 Å². The van der Waals surface area contributed by atoms with Gasteiger partial charge in [0, 0.05) is 33.3 Å². The Morgan fingerprint density at radius 1 is 0.850 bits per heavy atom. The predicted molar refractivity (Wildman–Crippen MR) is 155 cm³/mol. The zero-order chi connectivity index (χ0) is 27.6. The summed E-state index contributed by atoms with van der Waals surface area (Å²) in [5.41, 5.74) is 2.05. The second kappa shape index (κ2) is 9.04. The van der Waals surface area contributed by atoms with Crippen LogP contribution in [0.5, 0.6) is 5.75 Å². The third kappa shape index (κ3) is 3.24. The molecule has 40 heavy (non-hydrogen) atoms. The largest absolute Gasteiger partial charge is 0.497 e. The number of nitrogens with zero attached hydrogens (tertiary/aromatic N) is 1. The van der Waals surface area contributed by atoms with Gasteiger partial charge in [0.1, 0.15) is 17.2 Å². The summed E-state index contributed by atoms with van der Waals surface area (Å²) in [5, 5.41) is 0.469. The van der Waals surface area contributed by atoms with Gasteiger partial charge in [-0.05, 0) is 41.5 Å². The average molecular weight is 546 g/mol. The van der Waals surface area contributed by atoms with Crippen LogP contribution in [-0.4, -0.2) is 36.5 Å². The van der Waals surface area contributed by atoms with Crippen LogP contribution in [0.15, 0.2) is 103 Å². The van der Waals surface area contributed by atoms with Gasteiger partial charge in [-0.25, -0.2) is 0 Å². The molecule has 0 radical (unpaired) electrons. The van der Waals surface area contributed by atoms with Gasteiger partial charge >= 0.3 is 0 Å². The first-order valence-corrected chi connectivity index (χ1v) is 13.5. The van der Waals surface area contributed by atoms with Crippen LogP contribution in [0, 0.1) is 5.41 Å². The fourth-order valence-corrected chi connectivity index (χ4v) is 7.14. The van der Waals surface area contributed by atoms with Gasteiger partial charge in [-0.3, -0.25) is 14.4 Å². The highest BCUT2D eigenvalue weighted by molar-refractivity contribution is 6.33. The average Bonchev–Trinajstić information content (AvgIpc) is 3.43. The molecule has 0 bridgehead atoms. The summed E-state index contributed by atoms with van der Waals surface area (Å²) >= 11 is 6.50. The number of benzene rings is 4. The molecular weight excluding hydrogens is 522 g/mol. The first kappa shape index (κ1) is 24.6. The van der Waals surface area contributed by atoms with Crippen LogP contribution in [0.4, 0.5) is 5.69 Å². The normalized spacial score (nSPS) is 21.8. The number of Topliss-reactive ketones (excluding diaryl/α,β-unsaturated/α-hetero) is 3. The summed E-state index contributed by atoms with van der Waals surface area (Å²) in [6, 6.07) is 27.4. The molecule has 5 nitrogen and oxygen atoms in total. The molecule has 0 amide bonds. The Balaban J connectivity index is 1.55. The molecule has 4 aromatic carbocycles. The topological polar surface area (TPSA) is 63.7 Å². The number of halogens is 1. The van der Waals surface area contributed by atoms with Crippen LogP contribution >= 0.6 is 11.6 Å². The first-order valence-electron chi connectivity index (χ1n) is 13.1. The van der Waals surface area contributed by atoms with E-state index in [1.54, 1.807) is 73.8 Å². The number of carbonyl (C=O) groups is 3. The third-order valence-corrected chi connectivity index (χ3v) is 8.78. The van der Waals surface area contributed by atoms with Gasteiger partial charge in [-0.1, -0.05) is 90.5 Å². The highest BCUT2D eigenvalue weighted by Crippen LogP contribution is 2.61. The molecule has 7 rings (SSSR count). The summed E-state index contributed by atoms with van der Waals surface area (Å²) in [6.45, 7) is 0. The van der Waals surface area contributed by atoms with Crippen LogP contribution in [0.2, 0.25) is 5.02 Å². The second-order valence-electron chi connectivity index (χ2n) is 10.4. The molecule has 3 atom stereocenters. The highest BCUT2D eigenvalue weighted by atomic mass is 35.5. The Labute approximate surface area is 236 Å². The summed E-state index contributed by atoms with van der Waals surface area (Å²) in [5.74, 6) is -0.990. The summed E-state index contributed by atoms with van der Waals surface area (Å²) in [4.78, 5) is 45.9. The number of ether oxygens (including phenoxy) is 1. The minimum absolute atomic E-state index is 0.201. The number of hydrogen-bond acceptors (Lipinski definition) is 5. The van der Waals surface area contributed by atoms with E-state index in [-0.39, 0.29) is 17.3 Å². The lowest BCUT2D eigenvalue weighted by Gasteiger charge is -2.37. The van der Waals surface area contributed by atoms with E-state index < -0.39 is 23.4 Å². The molecule has 1 aliphatic carbocycles. The molecule has 1 spiro atoms. The number of anilines is 1. The number of rotatable bonds is 4. The van der Waals surface area contributed by atoms with E-state index in [0.717, 1.165) is 11.3 Å². The van der Waals surface area contributed by atoms with Crippen LogP contribution < -0.4 is 9.64 Å². The number of para-hydroxylation sites is 1. The number of hydrogen-bond donors (Lipinski definition) is 0. The Morgan fingerprint density at radius 2 is 1.55 bits per heavy atom. The van der Waals surface area contributed by atoms with Crippen LogP contribution in [0.1, 0.15) is 48.1 Å². The van der Waals surface area contributed by atoms with Gasteiger partial charge in [-0.2, -0.15) is 0 Å². The van der Waals surface area contributed by atoms with Crippen molar-refractivity contribution in [1.29, 1.82) is 0 Å². The number of fused-ring (bicyclic) bond motifs is 5. The van der Waals surface area contributed by atoms with Crippen molar-refractivity contribution in [2.24, 2.45) is 5.41 Å². The zero-order valence-electron chi connectivity index (χ0n) is 21.6. The van der Waals surface area contributed by atoms with Crippen molar-refractivity contribution in [3.05, 3.63) is 136 Å². The van der Waals surface area contributed by atoms with E-state index in [1.165, 1.54) is 0 Å². The number of carbonyl (C=O) groups excluding carboxylic acids is 3. The second-order valence-corrected chi connectivity index (χ2v) is 10.9. The van der Waals surface area contributed by atoms with Gasteiger partial charge in [0.15, 0.2) is 17.3 Å². The molecule has 2 aliphatic heterocycles. The number of ketones is 3. The summed E-state index contributed by atoms with van der Waals surface area (Å²) in [7, 11) is 1.55. The standard InChI is InChI=1S/C34H24ClNO4/c1-40-24-12-7-10-22(19-24)31(37)30-29(21-9-6-11-23(35)18-21)34(32(38)25-13-3-4-14-26(25)33(34)39)28-17-16-20-8-2-5-15-27(20)36(28)30/h2-19,28-30H,1H3/t28?,29-,30+/m1/s1. The molecule has 6 heteroatoms. The lowest BCUT2D eigenvalue weighted by Crippen LogP contribution is -2.48. The number of methoxy groups -OCH3 is 1. The van der Waals surface area contributed by atoms with Crippen molar-refractivity contribution in [2.75, 3.05) is 12.0 Å². The minimum Gasteiger partial charge on any atom is -0.497 e. The zero-order valence-corrected chi connectivity index (χ0v) is 22.3. The van der Waals surface area contributed by atoms with E-state index in [0.29, 0.717) is 33.0 Å². The third-order valence-electron chi connectivity index (χ3n) is 8.54. The van der Waals surface area contributed by atoms with E-state index in [9.17, 15) is 14.4 Å². The minimum atomic E-state index is -1.56. The molecule has 4 aromatic rings. The van der Waals surface area contributed by atoms with E-state index in [1.807, 2.05) is 47.4 Å². The molecule has 0 N–H and O–H groups in total. The molecule has 0 saturated carbocycles. The summed E-state index contributed by atoms with van der Waals surface area (Å²) < 4.78 is 5.42. The smallest absolute Gasteiger partial charge is 0.186 e. The van der Waals surface area contributed by atoms with Crippen molar-refractivity contribution >= 4 is 40.7 Å². The van der Waals surface area contributed by atoms with Crippen molar-refractivity contribution in [1.82, 2.24) is 0 Å². The van der Waals surface area contributed by atoms with E-state index in [2.05, 4.69) is 0 Å². The quantitative estimate of drug-likeness (QED) is 0.212. The van der Waals surface area contributed by atoms with Crippen LogP contribution in [0.25, 0.3) is 6.08 Å². The van der Waals surface area contributed by atoms with Crippen molar-refractivity contribution in [3.8, 4) is 5.75 Å². The fraction of sp³-hybridized carbons (Fsp3) is 0.147. The van der Waals surface area contributed by atoms with Crippen molar-refractivity contribution < 1.29 is 19.1 Å². The predicted octanol–water partition coefficient (Wildman–Crippen LogP) is 6.66. The summed E-state index contributed by atoms with van der Waals surface area (Å²) in [6.07, 6.45) is 3.87. The monoisotopic (exact) mass is 545 g/mol. The molecular formula is C34H24ClNO4. The fourth-order valence-electron chi connectivity index (χ4n) is 6.94. The van der Waals surface area contributed by atoms with E-state index >= 15 is 0 Å². The Hall–Kier alpha value is -4.48. The van der Waals surface area contributed by atoms with Gasteiger partial charge in [0.2, 0.25) is 0 Å². The van der Waals surface area contributed by atoms with Gasteiger partial charge in [-0.15, -0.1) is 0 Å². The van der Waals surface area contributed by atoms with Crippen molar-refractivity contribution in [2.45, 2.75) is 18.0 Å². The van der Waals surface area contributed by atoms with E-state index in [4.69, 9.17) is 16.3 Å². The SMILES string of the molecule is COc1cccc(C(=O)[C@@H]2[C@@H](c3cccc(Cl)c3)C3(C(=O)c4ccccc4C3=O)C3C=Cc4ccccc4N32)c1.